The van der Waals surface area contributed by atoms with E-state index in [1.165, 1.54) is 12.1 Å². The summed E-state index contributed by atoms with van der Waals surface area (Å²) in [6, 6.07) is 4.26. The molecule has 0 saturated heterocycles. The van der Waals surface area contributed by atoms with Crippen LogP contribution in [0.3, 0.4) is 0 Å². The van der Waals surface area contributed by atoms with Crippen LogP contribution >= 0.6 is 11.8 Å². The Labute approximate surface area is 138 Å². The maximum Gasteiger partial charge on any atom is 0.281 e. The third kappa shape index (κ3) is 3.08. The monoisotopic (exact) mass is 362 g/mol. The smallest absolute Gasteiger partial charge is 0.281 e. The van der Waals surface area contributed by atoms with Crippen LogP contribution in [0.2, 0.25) is 0 Å². The van der Waals surface area contributed by atoms with Crippen molar-refractivity contribution in [2.45, 2.75) is 23.3 Å². The van der Waals surface area contributed by atoms with Crippen molar-refractivity contribution < 1.29 is 31.8 Å². The van der Waals surface area contributed by atoms with Crippen LogP contribution in [0.25, 0.3) is 0 Å². The van der Waals surface area contributed by atoms with E-state index in [0.29, 0.717) is 17.8 Å². The molecule has 1 unspecified atom stereocenters. The summed E-state index contributed by atoms with van der Waals surface area (Å²) in [5.74, 6) is -5.45. The summed E-state index contributed by atoms with van der Waals surface area (Å²) >= 11 is 0.669. The Morgan fingerprint density at radius 1 is 1.17 bits per heavy atom. The molecule has 2 aromatic carbocycles. The van der Waals surface area contributed by atoms with E-state index in [1.54, 1.807) is 0 Å². The van der Waals surface area contributed by atoms with Crippen LogP contribution in [-0.4, -0.2) is 17.0 Å². The quantitative estimate of drug-likeness (QED) is 0.613. The standard InChI is InChI=1S/C16H11F5O2S/c17-7-24-13-2-1-12(11-6-16(20,21)15(22)14(11)13)23-10-4-8(18)3-9(19)5-10/h1-5,15,22H,6-7H2. The van der Waals surface area contributed by atoms with Crippen LogP contribution in [-0.2, 0) is 6.42 Å². The Bertz CT molecular complexity index is 761. The van der Waals surface area contributed by atoms with E-state index < -0.39 is 36.1 Å². The second-order valence-corrected chi connectivity index (χ2v) is 6.20. The largest absolute Gasteiger partial charge is 0.457 e. The molecule has 0 heterocycles. The molecule has 0 bridgehead atoms. The Balaban J connectivity index is 2.04. The highest BCUT2D eigenvalue weighted by Crippen LogP contribution is 2.50. The molecule has 128 valence electrons. The van der Waals surface area contributed by atoms with Gasteiger partial charge in [0.15, 0.2) is 0 Å². The van der Waals surface area contributed by atoms with E-state index in [9.17, 15) is 27.1 Å². The number of thioether (sulfide) groups is 1. The fraction of sp³-hybridized carbons (Fsp3) is 0.250. The minimum atomic E-state index is -3.43. The van der Waals surface area contributed by atoms with Crippen molar-refractivity contribution in [3.8, 4) is 11.5 Å². The molecule has 0 amide bonds. The summed E-state index contributed by atoms with van der Waals surface area (Å²) in [6.45, 7) is 0. The van der Waals surface area contributed by atoms with Crippen molar-refractivity contribution in [2.24, 2.45) is 0 Å². The molecule has 0 aliphatic heterocycles. The Morgan fingerprint density at radius 3 is 2.46 bits per heavy atom. The van der Waals surface area contributed by atoms with Gasteiger partial charge in [-0.3, -0.25) is 0 Å². The molecule has 1 N–H and O–H groups in total. The van der Waals surface area contributed by atoms with Crippen molar-refractivity contribution in [1.29, 1.82) is 0 Å². The lowest BCUT2D eigenvalue weighted by molar-refractivity contribution is -0.0976. The fourth-order valence-electron chi connectivity index (χ4n) is 2.64. The molecule has 2 aromatic rings. The van der Waals surface area contributed by atoms with Crippen LogP contribution in [0.1, 0.15) is 17.2 Å². The van der Waals surface area contributed by atoms with Gasteiger partial charge in [0.25, 0.3) is 5.92 Å². The maximum atomic E-state index is 13.9. The molecule has 0 spiro atoms. The average molecular weight is 362 g/mol. The molecule has 24 heavy (non-hydrogen) atoms. The van der Waals surface area contributed by atoms with Gasteiger partial charge in [-0.05, 0) is 12.1 Å². The highest BCUT2D eigenvalue weighted by Gasteiger charge is 2.49. The number of hydrogen-bond donors (Lipinski definition) is 1. The lowest BCUT2D eigenvalue weighted by Gasteiger charge is -2.15. The third-order valence-electron chi connectivity index (χ3n) is 3.63. The lowest BCUT2D eigenvalue weighted by Crippen LogP contribution is -2.21. The summed E-state index contributed by atoms with van der Waals surface area (Å²) in [4.78, 5) is 0.176. The number of rotatable bonds is 4. The van der Waals surface area contributed by atoms with Gasteiger partial charge >= 0.3 is 0 Å². The first kappa shape index (κ1) is 17.0. The molecular formula is C16H11F5O2S. The molecule has 8 heteroatoms. The number of ether oxygens (including phenoxy) is 1. The molecule has 1 aliphatic carbocycles. The van der Waals surface area contributed by atoms with E-state index in [1.807, 2.05) is 0 Å². The number of aliphatic hydroxyl groups excluding tert-OH is 1. The maximum absolute atomic E-state index is 13.9. The van der Waals surface area contributed by atoms with Gasteiger partial charge in [0.1, 0.15) is 35.2 Å². The highest BCUT2D eigenvalue weighted by molar-refractivity contribution is 7.99. The van der Waals surface area contributed by atoms with Crippen LogP contribution in [0.5, 0.6) is 11.5 Å². The first-order valence-electron chi connectivity index (χ1n) is 6.86. The van der Waals surface area contributed by atoms with Crippen LogP contribution in [0.4, 0.5) is 22.0 Å². The van der Waals surface area contributed by atoms with Crippen molar-refractivity contribution in [1.82, 2.24) is 0 Å². The summed E-state index contributed by atoms with van der Waals surface area (Å²) < 4.78 is 72.1. The summed E-state index contributed by atoms with van der Waals surface area (Å²) in [5.41, 5.74) is -0.118. The Morgan fingerprint density at radius 2 is 1.83 bits per heavy atom. The van der Waals surface area contributed by atoms with E-state index in [2.05, 4.69) is 0 Å². The van der Waals surface area contributed by atoms with Gasteiger partial charge in [0, 0.05) is 40.6 Å². The SMILES string of the molecule is OC1c2c(SCF)ccc(Oc3cc(F)cc(F)c3)c2CC1(F)F. The fourth-order valence-corrected chi connectivity index (χ4v) is 3.32. The third-order valence-corrected chi connectivity index (χ3v) is 4.41. The van der Waals surface area contributed by atoms with E-state index in [-0.39, 0.29) is 27.5 Å². The molecule has 0 saturated carbocycles. The Kier molecular flexibility index (Phi) is 4.44. The van der Waals surface area contributed by atoms with Gasteiger partial charge in [-0.2, -0.15) is 0 Å². The van der Waals surface area contributed by atoms with E-state index >= 15 is 0 Å². The highest BCUT2D eigenvalue weighted by atomic mass is 32.2. The van der Waals surface area contributed by atoms with E-state index in [4.69, 9.17) is 4.74 Å². The normalized spacial score (nSPS) is 18.5. The molecule has 3 rings (SSSR count). The second kappa shape index (κ2) is 6.25. The van der Waals surface area contributed by atoms with E-state index in [0.717, 1.165) is 12.1 Å². The average Bonchev–Trinajstić information content (AvgIpc) is 2.72. The van der Waals surface area contributed by atoms with Gasteiger partial charge < -0.3 is 9.84 Å². The number of alkyl halides is 3. The van der Waals surface area contributed by atoms with Crippen LogP contribution < -0.4 is 4.74 Å². The number of aliphatic hydroxyl groups is 1. The van der Waals surface area contributed by atoms with Crippen LogP contribution in [0.15, 0.2) is 35.2 Å². The number of fused-ring (bicyclic) bond motifs is 1. The number of halogens is 5. The second-order valence-electron chi connectivity index (χ2n) is 5.26. The van der Waals surface area contributed by atoms with Gasteiger partial charge in [-0.15, -0.1) is 0 Å². The summed E-state index contributed by atoms with van der Waals surface area (Å²) in [6.07, 6.45) is -2.90. The molecule has 0 fully saturated rings. The minimum Gasteiger partial charge on any atom is -0.457 e. The predicted octanol–water partition coefficient (Wildman–Crippen LogP) is 5.00. The molecule has 1 aliphatic rings. The molecule has 1 atom stereocenters. The molecule has 0 aromatic heterocycles. The topological polar surface area (TPSA) is 29.5 Å². The Hall–Kier alpha value is -1.80. The molecule has 0 radical (unpaired) electrons. The zero-order valence-corrected chi connectivity index (χ0v) is 12.8. The van der Waals surface area contributed by atoms with Crippen molar-refractivity contribution in [3.63, 3.8) is 0 Å². The zero-order valence-electron chi connectivity index (χ0n) is 12.0. The first-order chi connectivity index (χ1) is 11.3. The van der Waals surface area contributed by atoms with Gasteiger partial charge in [0.2, 0.25) is 0 Å². The zero-order chi connectivity index (χ0) is 17.5. The molecular weight excluding hydrogens is 351 g/mol. The number of hydrogen-bond acceptors (Lipinski definition) is 3. The summed E-state index contributed by atoms with van der Waals surface area (Å²) in [5, 5.41) is 9.83. The predicted molar refractivity (Wildman–Crippen MR) is 78.3 cm³/mol. The van der Waals surface area contributed by atoms with Crippen LogP contribution in [0, 0.1) is 11.6 Å². The van der Waals surface area contributed by atoms with Gasteiger partial charge in [0.05, 0.1) is 0 Å². The molecule has 2 nitrogen and oxygen atoms in total. The summed E-state index contributed by atoms with van der Waals surface area (Å²) in [7, 11) is 0. The van der Waals surface area contributed by atoms with Gasteiger partial charge in [-0.1, -0.05) is 11.8 Å². The minimum absolute atomic E-state index is 0.00406. The lowest BCUT2D eigenvalue weighted by atomic mass is 10.1. The van der Waals surface area contributed by atoms with Crippen molar-refractivity contribution in [2.75, 3.05) is 6.01 Å². The van der Waals surface area contributed by atoms with Crippen molar-refractivity contribution in [3.05, 3.63) is 53.1 Å². The first-order valence-corrected chi connectivity index (χ1v) is 7.85. The van der Waals surface area contributed by atoms with Gasteiger partial charge in [-0.25, -0.2) is 22.0 Å². The van der Waals surface area contributed by atoms with Crippen molar-refractivity contribution >= 4 is 11.8 Å². The number of benzene rings is 2.